The second-order valence-electron chi connectivity index (χ2n) is 6.25. The Balaban J connectivity index is 1.79. The number of aliphatic hydroxyl groups excluding tert-OH is 1. The van der Waals surface area contributed by atoms with Crippen molar-refractivity contribution in [1.82, 2.24) is 25.1 Å². The van der Waals surface area contributed by atoms with E-state index in [1.807, 2.05) is 27.1 Å². The molecule has 8 heteroatoms. The lowest BCUT2D eigenvalue weighted by molar-refractivity contribution is 0.191. The Labute approximate surface area is 135 Å². The minimum atomic E-state index is -0.317. The maximum absolute atomic E-state index is 10.0. The van der Waals surface area contributed by atoms with Crippen LogP contribution in [0.5, 0.6) is 0 Å². The molecule has 0 bridgehead atoms. The number of nitrogens with zero attached hydrogens (tertiary/aromatic N) is 5. The molecule has 3 heterocycles. The van der Waals surface area contributed by atoms with Gasteiger partial charge >= 0.3 is 0 Å². The van der Waals surface area contributed by atoms with Gasteiger partial charge in [-0.15, -0.1) is 0 Å². The quantitative estimate of drug-likeness (QED) is 0.749. The molecule has 2 aromatic heterocycles. The van der Waals surface area contributed by atoms with Crippen LogP contribution in [0.15, 0.2) is 18.6 Å². The van der Waals surface area contributed by atoms with E-state index in [0.717, 1.165) is 30.2 Å². The Hall–Kier alpha value is -2.19. The number of aromatic amines is 1. The highest BCUT2D eigenvalue weighted by molar-refractivity contribution is 5.60. The summed E-state index contributed by atoms with van der Waals surface area (Å²) in [5.74, 6) is 1.54. The van der Waals surface area contributed by atoms with Gasteiger partial charge in [0.1, 0.15) is 18.0 Å². The molecule has 3 N–H and O–H groups in total. The number of anilines is 3. The number of rotatable bonds is 5. The number of aryl methyl sites for hydroxylation is 1. The third kappa shape index (κ3) is 3.59. The Morgan fingerprint density at radius 2 is 2.26 bits per heavy atom. The van der Waals surface area contributed by atoms with E-state index in [2.05, 4.69) is 35.3 Å². The largest absolute Gasteiger partial charge is 0.391 e. The molecule has 0 aromatic carbocycles. The molecule has 0 amide bonds. The number of likely N-dealkylation sites (N-methyl/N-ethyl adjacent to an activating group) is 1. The summed E-state index contributed by atoms with van der Waals surface area (Å²) < 4.78 is 0. The Kier molecular flexibility index (Phi) is 4.44. The highest BCUT2D eigenvalue weighted by Gasteiger charge is 2.32. The van der Waals surface area contributed by atoms with Gasteiger partial charge in [0, 0.05) is 25.2 Å². The van der Waals surface area contributed by atoms with E-state index in [-0.39, 0.29) is 12.1 Å². The van der Waals surface area contributed by atoms with Gasteiger partial charge < -0.3 is 20.2 Å². The number of nitrogens with one attached hydrogen (secondary N) is 2. The number of hydrogen-bond donors (Lipinski definition) is 3. The number of H-pyrrole nitrogens is 1. The summed E-state index contributed by atoms with van der Waals surface area (Å²) in [5.41, 5.74) is 1.84. The molecule has 1 aliphatic heterocycles. The van der Waals surface area contributed by atoms with Crippen LogP contribution < -0.4 is 10.2 Å². The molecule has 0 unspecified atom stereocenters. The van der Waals surface area contributed by atoms with Crippen molar-refractivity contribution < 1.29 is 5.11 Å². The lowest BCUT2D eigenvalue weighted by Gasteiger charge is -2.27. The van der Waals surface area contributed by atoms with Gasteiger partial charge in [-0.25, -0.2) is 9.97 Å². The molecule has 1 saturated heterocycles. The first-order valence-corrected chi connectivity index (χ1v) is 7.71. The second-order valence-corrected chi connectivity index (χ2v) is 6.25. The first-order valence-electron chi connectivity index (χ1n) is 7.71. The molecular weight excluding hydrogens is 294 g/mol. The summed E-state index contributed by atoms with van der Waals surface area (Å²) in [6, 6.07) is 2.16. The molecule has 2 aromatic rings. The minimum Gasteiger partial charge on any atom is -0.391 e. The van der Waals surface area contributed by atoms with E-state index in [0.29, 0.717) is 12.4 Å². The first-order chi connectivity index (χ1) is 11.0. The first kappa shape index (κ1) is 15.7. The molecule has 3 rings (SSSR count). The topological polar surface area (TPSA) is 93.2 Å². The molecule has 1 aliphatic rings. The van der Waals surface area contributed by atoms with E-state index in [9.17, 15) is 5.11 Å². The van der Waals surface area contributed by atoms with Crippen LogP contribution in [0.4, 0.5) is 17.3 Å². The van der Waals surface area contributed by atoms with Crippen LogP contribution in [0.2, 0.25) is 0 Å². The molecule has 0 saturated carbocycles. The lowest BCUT2D eigenvalue weighted by atomic mass is 10.2. The molecule has 124 valence electrons. The average Bonchev–Trinajstić information content (AvgIpc) is 3.05. The van der Waals surface area contributed by atoms with Crippen molar-refractivity contribution in [2.45, 2.75) is 25.5 Å². The maximum Gasteiger partial charge on any atom is 0.135 e. The van der Waals surface area contributed by atoms with E-state index in [1.165, 1.54) is 0 Å². The van der Waals surface area contributed by atoms with Crippen LogP contribution in [0, 0.1) is 6.92 Å². The number of β-amino-alcohol motifs (C(OH)–C–C–N with tert-alkyl or cyclic N) is 1. The van der Waals surface area contributed by atoms with Crippen molar-refractivity contribution in [3.05, 3.63) is 24.3 Å². The molecule has 0 radical (unpaired) electrons. The van der Waals surface area contributed by atoms with Crippen molar-refractivity contribution in [1.29, 1.82) is 0 Å². The predicted octanol–water partition coefficient (Wildman–Crippen LogP) is 0.753. The van der Waals surface area contributed by atoms with Gasteiger partial charge in [0.2, 0.25) is 0 Å². The third-order valence-corrected chi connectivity index (χ3v) is 4.01. The molecule has 2 atom stereocenters. The van der Waals surface area contributed by atoms with Gasteiger partial charge in [-0.1, -0.05) is 0 Å². The van der Waals surface area contributed by atoms with Crippen LogP contribution >= 0.6 is 0 Å². The smallest absolute Gasteiger partial charge is 0.135 e. The van der Waals surface area contributed by atoms with Crippen LogP contribution in [-0.4, -0.2) is 69.5 Å². The van der Waals surface area contributed by atoms with Gasteiger partial charge in [0.05, 0.1) is 23.7 Å². The minimum absolute atomic E-state index is 0.249. The van der Waals surface area contributed by atoms with Crippen LogP contribution in [-0.2, 0) is 0 Å². The summed E-state index contributed by atoms with van der Waals surface area (Å²) >= 11 is 0. The van der Waals surface area contributed by atoms with Gasteiger partial charge in [-0.2, -0.15) is 5.10 Å². The van der Waals surface area contributed by atoms with Crippen molar-refractivity contribution in [3.8, 4) is 0 Å². The number of aliphatic hydroxyl groups is 1. The SMILES string of the molecule is Cc1[nH]ncc1Nc1cc(N2C[C@H](O)C[C@@H]2CN(C)C)ncn1. The van der Waals surface area contributed by atoms with Gasteiger partial charge in [0.25, 0.3) is 0 Å². The lowest BCUT2D eigenvalue weighted by Crippen LogP contribution is -2.38. The van der Waals surface area contributed by atoms with E-state index in [1.54, 1.807) is 12.5 Å². The van der Waals surface area contributed by atoms with Crippen LogP contribution in [0.1, 0.15) is 12.1 Å². The number of hydrogen-bond acceptors (Lipinski definition) is 7. The maximum atomic E-state index is 10.0. The zero-order valence-electron chi connectivity index (χ0n) is 13.7. The Morgan fingerprint density at radius 1 is 1.43 bits per heavy atom. The summed E-state index contributed by atoms with van der Waals surface area (Å²) in [4.78, 5) is 12.9. The molecule has 1 fully saturated rings. The van der Waals surface area contributed by atoms with Crippen molar-refractivity contribution >= 4 is 17.3 Å². The zero-order chi connectivity index (χ0) is 16.4. The molecular formula is C15H23N7O. The zero-order valence-corrected chi connectivity index (χ0v) is 13.7. The second kappa shape index (κ2) is 6.51. The monoisotopic (exact) mass is 317 g/mol. The summed E-state index contributed by atoms with van der Waals surface area (Å²) in [6.07, 6.45) is 3.71. The number of aromatic nitrogens is 4. The van der Waals surface area contributed by atoms with Gasteiger partial charge in [-0.05, 0) is 27.4 Å². The third-order valence-electron chi connectivity index (χ3n) is 4.01. The van der Waals surface area contributed by atoms with E-state index < -0.39 is 0 Å². The normalized spacial score (nSPS) is 21.2. The van der Waals surface area contributed by atoms with Gasteiger partial charge in [-0.3, -0.25) is 5.10 Å². The molecule has 8 nitrogen and oxygen atoms in total. The van der Waals surface area contributed by atoms with Crippen molar-refractivity contribution in [3.63, 3.8) is 0 Å². The Bertz CT molecular complexity index is 657. The summed E-state index contributed by atoms with van der Waals surface area (Å²) in [6.45, 7) is 3.42. The average molecular weight is 317 g/mol. The van der Waals surface area contributed by atoms with Crippen molar-refractivity contribution in [2.75, 3.05) is 37.4 Å². The molecule has 0 aliphatic carbocycles. The molecule has 0 spiro atoms. The van der Waals surface area contributed by atoms with E-state index in [4.69, 9.17) is 0 Å². The summed E-state index contributed by atoms with van der Waals surface area (Å²) in [7, 11) is 4.08. The Morgan fingerprint density at radius 3 is 2.96 bits per heavy atom. The molecule has 23 heavy (non-hydrogen) atoms. The van der Waals surface area contributed by atoms with Gasteiger partial charge in [0.15, 0.2) is 0 Å². The highest BCUT2D eigenvalue weighted by Crippen LogP contribution is 2.26. The standard InChI is InChI=1S/C15H23N7O/c1-10-13(6-18-20-10)19-14-5-15(17-9-16-14)22-8-12(23)4-11(22)7-21(2)3/h5-6,9,11-12,23H,4,7-8H2,1-3H3,(H,18,20)(H,16,17,19)/t11-,12-/m1/s1. The predicted molar refractivity (Wildman–Crippen MR) is 89.0 cm³/mol. The fourth-order valence-electron chi connectivity index (χ4n) is 2.95. The van der Waals surface area contributed by atoms with E-state index >= 15 is 0 Å². The fraction of sp³-hybridized carbons (Fsp3) is 0.533. The van der Waals surface area contributed by atoms with Crippen LogP contribution in [0.3, 0.4) is 0 Å². The highest BCUT2D eigenvalue weighted by atomic mass is 16.3. The summed E-state index contributed by atoms with van der Waals surface area (Å²) in [5, 5.41) is 20.1. The van der Waals surface area contributed by atoms with Crippen molar-refractivity contribution in [2.24, 2.45) is 0 Å². The fourth-order valence-corrected chi connectivity index (χ4v) is 2.95. The van der Waals surface area contributed by atoms with Crippen LogP contribution in [0.25, 0.3) is 0 Å².